The van der Waals surface area contributed by atoms with Gasteiger partial charge in [0.2, 0.25) is 11.8 Å². The fraction of sp³-hybridized carbons (Fsp3) is 0.800. The molecular formula is C10H18N2O3. The van der Waals surface area contributed by atoms with Crippen molar-refractivity contribution in [2.75, 3.05) is 0 Å². The summed E-state index contributed by atoms with van der Waals surface area (Å²) in [6.07, 6.45) is 0.284. The summed E-state index contributed by atoms with van der Waals surface area (Å²) in [4.78, 5) is 22.6. The largest absolute Gasteiger partial charge is 0.391 e. The van der Waals surface area contributed by atoms with Crippen molar-refractivity contribution in [1.29, 1.82) is 0 Å². The Morgan fingerprint density at radius 1 is 1.67 bits per heavy atom. The number of hydrogen-bond acceptors (Lipinski definition) is 3. The van der Waals surface area contributed by atoms with Crippen LogP contribution in [0.2, 0.25) is 0 Å². The normalized spacial score (nSPS) is 23.5. The Labute approximate surface area is 89.2 Å². The first kappa shape index (κ1) is 12.0. The van der Waals surface area contributed by atoms with Crippen LogP contribution in [0.5, 0.6) is 0 Å². The van der Waals surface area contributed by atoms with Gasteiger partial charge in [0.05, 0.1) is 11.6 Å². The second-order valence-electron chi connectivity index (χ2n) is 4.55. The third-order valence-electron chi connectivity index (χ3n) is 2.80. The summed E-state index contributed by atoms with van der Waals surface area (Å²) < 4.78 is 0. The van der Waals surface area contributed by atoms with Crippen LogP contribution in [0.15, 0.2) is 0 Å². The van der Waals surface area contributed by atoms with Gasteiger partial charge in [-0.1, -0.05) is 0 Å². The fourth-order valence-corrected chi connectivity index (χ4v) is 1.32. The van der Waals surface area contributed by atoms with E-state index in [1.807, 2.05) is 0 Å². The lowest BCUT2D eigenvalue weighted by molar-refractivity contribution is -0.127. The standard InChI is InChI=1S/C10H18N2O3/c1-6(13)10(2,3)12-9(15)7-4-5-8(14)11-7/h6-7,13H,4-5H2,1-3H3,(H,11,14)(H,12,15)/t6?,7-/m1/s1. The van der Waals surface area contributed by atoms with E-state index in [0.717, 1.165) is 0 Å². The van der Waals surface area contributed by atoms with Gasteiger partial charge in [0, 0.05) is 6.42 Å². The molecule has 1 rings (SSSR count). The van der Waals surface area contributed by atoms with Crippen LogP contribution in [-0.2, 0) is 9.59 Å². The minimum Gasteiger partial charge on any atom is -0.391 e. The summed E-state index contributed by atoms with van der Waals surface area (Å²) in [5.74, 6) is -0.322. The van der Waals surface area contributed by atoms with Crippen LogP contribution in [0, 0.1) is 0 Å². The van der Waals surface area contributed by atoms with Crippen LogP contribution < -0.4 is 10.6 Å². The van der Waals surface area contributed by atoms with Crippen LogP contribution in [-0.4, -0.2) is 34.6 Å². The predicted octanol–water partition coefficient (Wildman–Crippen LogP) is -0.459. The molecule has 1 aliphatic heterocycles. The first-order valence-corrected chi connectivity index (χ1v) is 5.12. The Morgan fingerprint density at radius 2 is 2.27 bits per heavy atom. The minimum atomic E-state index is -0.676. The lowest BCUT2D eigenvalue weighted by atomic mass is 9.98. The molecule has 2 atom stereocenters. The van der Waals surface area contributed by atoms with Gasteiger partial charge >= 0.3 is 0 Å². The number of nitrogens with one attached hydrogen (secondary N) is 2. The highest BCUT2D eigenvalue weighted by molar-refractivity contribution is 5.91. The van der Waals surface area contributed by atoms with Crippen LogP contribution >= 0.6 is 0 Å². The van der Waals surface area contributed by atoms with Crippen molar-refractivity contribution < 1.29 is 14.7 Å². The molecule has 0 bridgehead atoms. The molecule has 5 nitrogen and oxygen atoms in total. The van der Waals surface area contributed by atoms with E-state index in [2.05, 4.69) is 10.6 Å². The van der Waals surface area contributed by atoms with Gasteiger partial charge in [-0.3, -0.25) is 9.59 Å². The first-order chi connectivity index (χ1) is 6.83. The predicted molar refractivity (Wildman–Crippen MR) is 55.1 cm³/mol. The van der Waals surface area contributed by atoms with Crippen LogP contribution in [0.3, 0.4) is 0 Å². The highest BCUT2D eigenvalue weighted by atomic mass is 16.3. The highest BCUT2D eigenvalue weighted by Gasteiger charge is 2.32. The number of aliphatic hydroxyl groups is 1. The third-order valence-corrected chi connectivity index (χ3v) is 2.80. The first-order valence-electron chi connectivity index (χ1n) is 5.12. The third kappa shape index (κ3) is 2.92. The molecule has 2 amide bonds. The van der Waals surface area contributed by atoms with Crippen molar-refractivity contribution >= 4 is 11.8 Å². The number of carbonyl (C=O) groups is 2. The molecule has 15 heavy (non-hydrogen) atoms. The zero-order valence-electron chi connectivity index (χ0n) is 9.33. The lowest BCUT2D eigenvalue weighted by Crippen LogP contribution is -2.55. The molecular weight excluding hydrogens is 196 g/mol. The van der Waals surface area contributed by atoms with E-state index in [0.29, 0.717) is 12.8 Å². The zero-order valence-corrected chi connectivity index (χ0v) is 9.33. The molecule has 0 radical (unpaired) electrons. The Kier molecular flexibility index (Phi) is 3.34. The summed E-state index contributed by atoms with van der Waals surface area (Å²) in [5.41, 5.74) is -0.676. The average molecular weight is 214 g/mol. The van der Waals surface area contributed by atoms with Crippen LogP contribution in [0.25, 0.3) is 0 Å². The maximum absolute atomic E-state index is 11.7. The molecule has 86 valence electrons. The van der Waals surface area contributed by atoms with Gasteiger partial charge in [-0.15, -0.1) is 0 Å². The fourth-order valence-electron chi connectivity index (χ4n) is 1.32. The van der Waals surface area contributed by atoms with Gasteiger partial charge in [0.25, 0.3) is 0 Å². The SMILES string of the molecule is CC(O)C(C)(C)NC(=O)[C@H]1CCC(=O)N1. The zero-order chi connectivity index (χ0) is 11.6. The van der Waals surface area contributed by atoms with Crippen LogP contribution in [0.1, 0.15) is 33.6 Å². The highest BCUT2D eigenvalue weighted by Crippen LogP contribution is 2.12. The molecule has 1 unspecified atom stereocenters. The van der Waals surface area contributed by atoms with Crippen molar-refractivity contribution in [3.8, 4) is 0 Å². The van der Waals surface area contributed by atoms with Crippen LogP contribution in [0.4, 0.5) is 0 Å². The maximum Gasteiger partial charge on any atom is 0.243 e. The van der Waals surface area contributed by atoms with E-state index in [1.165, 1.54) is 0 Å². The Hall–Kier alpha value is -1.10. The molecule has 3 N–H and O–H groups in total. The van der Waals surface area contributed by atoms with Crippen molar-refractivity contribution in [3.63, 3.8) is 0 Å². The molecule has 1 heterocycles. The number of aliphatic hydroxyl groups excluding tert-OH is 1. The Balaban J connectivity index is 2.52. The van der Waals surface area contributed by atoms with Gasteiger partial charge < -0.3 is 15.7 Å². The van der Waals surface area contributed by atoms with E-state index in [9.17, 15) is 14.7 Å². The van der Waals surface area contributed by atoms with Crippen molar-refractivity contribution in [2.24, 2.45) is 0 Å². The molecule has 0 aliphatic carbocycles. The quantitative estimate of drug-likeness (QED) is 0.595. The number of rotatable bonds is 3. The topological polar surface area (TPSA) is 78.4 Å². The monoisotopic (exact) mass is 214 g/mol. The molecule has 0 aromatic heterocycles. The summed E-state index contributed by atoms with van der Waals surface area (Å²) in [6.45, 7) is 5.10. The number of carbonyl (C=O) groups excluding carboxylic acids is 2. The molecule has 1 fully saturated rings. The summed E-state index contributed by atoms with van der Waals surface area (Å²) in [7, 11) is 0. The summed E-state index contributed by atoms with van der Waals surface area (Å²) >= 11 is 0. The lowest BCUT2D eigenvalue weighted by Gasteiger charge is -2.30. The number of amides is 2. The van der Waals surface area contributed by atoms with Gasteiger partial charge in [0.1, 0.15) is 6.04 Å². The summed E-state index contributed by atoms with van der Waals surface area (Å²) in [6, 6.07) is -0.449. The summed E-state index contributed by atoms with van der Waals surface area (Å²) in [5, 5.41) is 14.7. The van der Waals surface area contributed by atoms with E-state index in [1.54, 1.807) is 20.8 Å². The molecule has 0 aromatic carbocycles. The molecule has 0 spiro atoms. The van der Waals surface area contributed by atoms with E-state index >= 15 is 0 Å². The molecule has 0 saturated carbocycles. The van der Waals surface area contributed by atoms with Crippen molar-refractivity contribution in [3.05, 3.63) is 0 Å². The van der Waals surface area contributed by atoms with Gasteiger partial charge in [-0.25, -0.2) is 0 Å². The van der Waals surface area contributed by atoms with Gasteiger partial charge in [0.15, 0.2) is 0 Å². The van der Waals surface area contributed by atoms with Gasteiger partial charge in [-0.05, 0) is 27.2 Å². The van der Waals surface area contributed by atoms with E-state index in [4.69, 9.17) is 0 Å². The smallest absolute Gasteiger partial charge is 0.243 e. The maximum atomic E-state index is 11.7. The van der Waals surface area contributed by atoms with E-state index < -0.39 is 17.7 Å². The molecule has 0 aromatic rings. The molecule has 1 saturated heterocycles. The molecule has 1 aliphatic rings. The minimum absolute atomic E-state index is 0.0926. The number of hydrogen-bond donors (Lipinski definition) is 3. The van der Waals surface area contributed by atoms with Crippen molar-refractivity contribution in [2.45, 2.75) is 51.3 Å². The Bertz CT molecular complexity index is 274. The average Bonchev–Trinajstić information content (AvgIpc) is 2.50. The van der Waals surface area contributed by atoms with E-state index in [-0.39, 0.29) is 11.8 Å². The second-order valence-corrected chi connectivity index (χ2v) is 4.55. The van der Waals surface area contributed by atoms with Crippen molar-refractivity contribution in [1.82, 2.24) is 10.6 Å². The molecule has 5 heteroatoms. The Morgan fingerprint density at radius 3 is 2.67 bits per heavy atom. The second kappa shape index (κ2) is 4.18. The van der Waals surface area contributed by atoms with Gasteiger partial charge in [-0.2, -0.15) is 0 Å².